The van der Waals surface area contributed by atoms with Crippen molar-refractivity contribution in [2.75, 3.05) is 59.7 Å². The number of nitrogens with one attached hydrogen (secondary N) is 2. The molecular weight excluding hydrogens is 459 g/mol. The largest absolute Gasteiger partial charge is 0.385 e. The fraction of sp³-hybridized carbons (Fsp3) is 0.632. The van der Waals surface area contributed by atoms with Crippen LogP contribution in [0.5, 0.6) is 0 Å². The minimum Gasteiger partial charge on any atom is -0.385 e. The van der Waals surface area contributed by atoms with Crippen molar-refractivity contribution in [1.82, 2.24) is 15.5 Å². The lowest BCUT2D eigenvalue weighted by Gasteiger charge is -2.18. The summed E-state index contributed by atoms with van der Waals surface area (Å²) < 4.78 is 5.08. The predicted molar refractivity (Wildman–Crippen MR) is 126 cm³/mol. The number of rotatable bonds is 12. The van der Waals surface area contributed by atoms with Gasteiger partial charge in [-0.15, -0.1) is 24.0 Å². The number of guanidine groups is 1. The lowest BCUT2D eigenvalue weighted by Crippen LogP contribution is -2.41. The van der Waals surface area contributed by atoms with Gasteiger partial charge in [-0.25, -0.2) is 0 Å². The number of hydrogen-bond acceptors (Lipinski definition) is 4. The molecule has 1 aromatic rings. The van der Waals surface area contributed by atoms with Crippen molar-refractivity contribution in [3.8, 4) is 0 Å². The molecule has 0 bridgehead atoms. The summed E-state index contributed by atoms with van der Waals surface area (Å²) in [6, 6.07) is 8.76. The Morgan fingerprint density at radius 1 is 1.15 bits per heavy atom. The standard InChI is InChI=1S/C19H34N4OS.HI/c1-17-6-8-18(9-7-17)16-25-15-11-22-19(20-2)21-10-13-23(3)12-5-14-24-4;/h6-9H,5,10-16H2,1-4H3,(H2,20,21,22);1H. The lowest BCUT2D eigenvalue weighted by atomic mass is 10.2. The fourth-order valence-corrected chi connectivity index (χ4v) is 3.11. The molecule has 0 aliphatic rings. The molecule has 0 spiro atoms. The quantitative estimate of drug-likeness (QED) is 0.203. The summed E-state index contributed by atoms with van der Waals surface area (Å²) in [5, 5.41) is 6.73. The van der Waals surface area contributed by atoms with Crippen LogP contribution >= 0.6 is 35.7 Å². The highest BCUT2D eigenvalue weighted by molar-refractivity contribution is 14.0. The van der Waals surface area contributed by atoms with Gasteiger partial charge >= 0.3 is 0 Å². The van der Waals surface area contributed by atoms with Crippen molar-refractivity contribution < 1.29 is 4.74 Å². The lowest BCUT2D eigenvalue weighted by molar-refractivity contribution is 0.180. The molecule has 150 valence electrons. The molecule has 0 atom stereocenters. The zero-order valence-electron chi connectivity index (χ0n) is 16.6. The van der Waals surface area contributed by atoms with Gasteiger partial charge in [0, 0.05) is 58.4 Å². The second kappa shape index (κ2) is 16.6. The van der Waals surface area contributed by atoms with E-state index in [1.807, 2.05) is 18.8 Å². The van der Waals surface area contributed by atoms with E-state index < -0.39 is 0 Å². The zero-order chi connectivity index (χ0) is 18.3. The van der Waals surface area contributed by atoms with Gasteiger partial charge in [0.1, 0.15) is 0 Å². The van der Waals surface area contributed by atoms with Crippen molar-refractivity contribution in [3.63, 3.8) is 0 Å². The SMILES string of the molecule is CN=C(NCCSCc1ccc(C)cc1)NCCN(C)CCCOC.I. The van der Waals surface area contributed by atoms with E-state index in [0.29, 0.717) is 0 Å². The van der Waals surface area contributed by atoms with Gasteiger partial charge in [0.15, 0.2) is 5.96 Å². The first-order valence-corrected chi connectivity index (χ1v) is 10.1. The number of likely N-dealkylation sites (N-methyl/N-ethyl adjacent to an activating group) is 1. The van der Waals surface area contributed by atoms with Crippen LogP contribution in [0.2, 0.25) is 0 Å². The van der Waals surface area contributed by atoms with Crippen molar-refractivity contribution >= 4 is 41.7 Å². The summed E-state index contributed by atoms with van der Waals surface area (Å²) in [5.41, 5.74) is 2.70. The van der Waals surface area contributed by atoms with Crippen LogP contribution in [-0.4, -0.2) is 70.6 Å². The number of ether oxygens (including phenoxy) is 1. The summed E-state index contributed by atoms with van der Waals surface area (Å²) in [6.45, 7) is 6.79. The molecule has 0 aromatic heterocycles. The topological polar surface area (TPSA) is 48.9 Å². The highest BCUT2D eigenvalue weighted by Crippen LogP contribution is 2.12. The normalized spacial score (nSPS) is 11.3. The van der Waals surface area contributed by atoms with Crippen LogP contribution in [0.15, 0.2) is 29.3 Å². The van der Waals surface area contributed by atoms with E-state index in [4.69, 9.17) is 4.74 Å². The number of halogens is 1. The maximum atomic E-state index is 5.08. The number of hydrogen-bond donors (Lipinski definition) is 2. The number of thioether (sulfide) groups is 1. The maximum Gasteiger partial charge on any atom is 0.191 e. The highest BCUT2D eigenvalue weighted by Gasteiger charge is 2.00. The van der Waals surface area contributed by atoms with Crippen LogP contribution in [0, 0.1) is 6.92 Å². The third-order valence-electron chi connectivity index (χ3n) is 3.83. The van der Waals surface area contributed by atoms with Gasteiger partial charge in [0.05, 0.1) is 0 Å². The molecule has 7 heteroatoms. The first kappa shape index (κ1) is 25.5. The minimum atomic E-state index is 0. The van der Waals surface area contributed by atoms with E-state index in [1.54, 1.807) is 7.11 Å². The molecule has 1 rings (SSSR count). The molecule has 2 N–H and O–H groups in total. The molecule has 0 aliphatic heterocycles. The Hall–Kier alpha value is -0.510. The van der Waals surface area contributed by atoms with Gasteiger partial charge in [-0.05, 0) is 26.0 Å². The van der Waals surface area contributed by atoms with Crippen LogP contribution in [0.3, 0.4) is 0 Å². The van der Waals surface area contributed by atoms with E-state index in [2.05, 4.69) is 58.8 Å². The average molecular weight is 494 g/mol. The number of benzene rings is 1. The molecule has 1 aromatic carbocycles. The maximum absolute atomic E-state index is 5.08. The summed E-state index contributed by atoms with van der Waals surface area (Å²) in [6.07, 6.45) is 1.07. The summed E-state index contributed by atoms with van der Waals surface area (Å²) >= 11 is 1.94. The Morgan fingerprint density at radius 2 is 1.85 bits per heavy atom. The van der Waals surface area contributed by atoms with Gasteiger partial charge in [0.2, 0.25) is 0 Å². The molecular formula is C19H35IN4OS. The van der Waals surface area contributed by atoms with Crippen molar-refractivity contribution in [3.05, 3.63) is 35.4 Å². The average Bonchev–Trinajstić information content (AvgIpc) is 2.61. The molecule has 0 unspecified atom stereocenters. The predicted octanol–water partition coefficient (Wildman–Crippen LogP) is 2.98. The van der Waals surface area contributed by atoms with Crippen LogP contribution in [-0.2, 0) is 10.5 Å². The number of methoxy groups -OCH3 is 1. The van der Waals surface area contributed by atoms with E-state index in [9.17, 15) is 0 Å². The Labute approximate surface area is 180 Å². The smallest absolute Gasteiger partial charge is 0.191 e. The molecule has 5 nitrogen and oxygen atoms in total. The molecule has 0 radical (unpaired) electrons. The first-order chi connectivity index (χ1) is 12.2. The Kier molecular flexibility index (Phi) is 16.3. The van der Waals surface area contributed by atoms with E-state index >= 15 is 0 Å². The van der Waals surface area contributed by atoms with E-state index in [0.717, 1.165) is 56.7 Å². The van der Waals surface area contributed by atoms with E-state index in [-0.39, 0.29) is 24.0 Å². The van der Waals surface area contributed by atoms with Crippen LogP contribution < -0.4 is 10.6 Å². The fourth-order valence-electron chi connectivity index (χ4n) is 2.29. The third-order valence-corrected chi connectivity index (χ3v) is 4.86. The van der Waals surface area contributed by atoms with Crippen LogP contribution in [0.25, 0.3) is 0 Å². The van der Waals surface area contributed by atoms with Crippen LogP contribution in [0.4, 0.5) is 0 Å². The summed E-state index contributed by atoms with van der Waals surface area (Å²) in [5.74, 6) is 2.99. The Morgan fingerprint density at radius 3 is 2.50 bits per heavy atom. The minimum absolute atomic E-state index is 0. The van der Waals surface area contributed by atoms with Gasteiger partial charge in [-0.3, -0.25) is 4.99 Å². The molecule has 0 amide bonds. The van der Waals surface area contributed by atoms with E-state index in [1.165, 1.54) is 11.1 Å². The van der Waals surface area contributed by atoms with Gasteiger partial charge in [-0.2, -0.15) is 11.8 Å². The van der Waals surface area contributed by atoms with Crippen LogP contribution in [0.1, 0.15) is 17.5 Å². The van der Waals surface area contributed by atoms with Gasteiger partial charge < -0.3 is 20.3 Å². The highest BCUT2D eigenvalue weighted by atomic mass is 127. The molecule has 0 saturated carbocycles. The van der Waals surface area contributed by atoms with Crippen molar-refractivity contribution in [1.29, 1.82) is 0 Å². The second-order valence-electron chi connectivity index (χ2n) is 6.11. The second-order valence-corrected chi connectivity index (χ2v) is 7.22. The molecule has 0 saturated heterocycles. The van der Waals surface area contributed by atoms with Gasteiger partial charge in [0.25, 0.3) is 0 Å². The molecule has 0 fully saturated rings. The van der Waals surface area contributed by atoms with Crippen molar-refractivity contribution in [2.24, 2.45) is 4.99 Å². The molecule has 0 heterocycles. The summed E-state index contributed by atoms with van der Waals surface area (Å²) in [7, 11) is 5.70. The Bertz CT molecular complexity index is 485. The monoisotopic (exact) mass is 494 g/mol. The van der Waals surface area contributed by atoms with Gasteiger partial charge in [-0.1, -0.05) is 29.8 Å². The molecule has 0 aliphatic carbocycles. The zero-order valence-corrected chi connectivity index (χ0v) is 19.7. The first-order valence-electron chi connectivity index (χ1n) is 8.91. The third kappa shape index (κ3) is 12.8. The Balaban J connectivity index is 0.00000625. The number of aliphatic imine (C=N–C) groups is 1. The molecule has 26 heavy (non-hydrogen) atoms. The number of nitrogens with zero attached hydrogens (tertiary/aromatic N) is 2. The summed E-state index contributed by atoms with van der Waals surface area (Å²) in [4.78, 5) is 6.57. The van der Waals surface area contributed by atoms with Crippen molar-refractivity contribution in [2.45, 2.75) is 19.1 Å². The number of aryl methyl sites for hydroxylation is 1.